The van der Waals surface area contributed by atoms with Crippen molar-refractivity contribution in [1.82, 2.24) is 0 Å². The number of anilines is 1. The molecule has 2 unspecified atom stereocenters. The Labute approximate surface area is 111 Å². The van der Waals surface area contributed by atoms with Gasteiger partial charge in [0.25, 0.3) is 0 Å². The summed E-state index contributed by atoms with van der Waals surface area (Å²) in [5, 5.41) is 3.05. The smallest absolute Gasteiger partial charge is 0.328 e. The van der Waals surface area contributed by atoms with E-state index in [-0.39, 0.29) is 17.7 Å². The molecule has 0 aromatic heterocycles. The fourth-order valence-corrected chi connectivity index (χ4v) is 2.28. The van der Waals surface area contributed by atoms with Crippen LogP contribution >= 0.6 is 0 Å². The minimum atomic E-state index is -0.507. The molecule has 1 fully saturated rings. The Hall–Kier alpha value is -1.62. The summed E-state index contributed by atoms with van der Waals surface area (Å²) in [6.07, 6.45) is 1.81. The second-order valence-corrected chi connectivity index (χ2v) is 4.63. The first-order valence-corrected chi connectivity index (χ1v) is 6.38. The van der Waals surface area contributed by atoms with Gasteiger partial charge < -0.3 is 14.8 Å². The van der Waals surface area contributed by atoms with Crippen molar-refractivity contribution in [3.63, 3.8) is 0 Å². The predicted molar refractivity (Wildman–Crippen MR) is 69.4 cm³/mol. The molecule has 19 heavy (non-hydrogen) atoms. The lowest BCUT2D eigenvalue weighted by atomic mass is 9.93. The summed E-state index contributed by atoms with van der Waals surface area (Å²) in [6.45, 7) is 1.24. The zero-order valence-electron chi connectivity index (χ0n) is 10.9. The van der Waals surface area contributed by atoms with Crippen LogP contribution in [0.1, 0.15) is 12.8 Å². The Morgan fingerprint density at radius 3 is 3.05 bits per heavy atom. The largest absolute Gasteiger partial charge is 0.467 e. The molecule has 0 amide bonds. The van der Waals surface area contributed by atoms with Gasteiger partial charge in [0.05, 0.1) is 13.7 Å². The van der Waals surface area contributed by atoms with Gasteiger partial charge in [-0.15, -0.1) is 0 Å². The number of rotatable bonds is 4. The van der Waals surface area contributed by atoms with E-state index in [9.17, 15) is 9.18 Å². The molecule has 1 saturated heterocycles. The summed E-state index contributed by atoms with van der Waals surface area (Å²) < 4.78 is 23.4. The molecule has 4 nitrogen and oxygen atoms in total. The molecule has 0 bridgehead atoms. The molecule has 5 heteroatoms. The minimum Gasteiger partial charge on any atom is -0.467 e. The third-order valence-electron chi connectivity index (χ3n) is 3.27. The molecule has 1 N–H and O–H groups in total. The molecule has 2 rings (SSSR count). The molecule has 1 heterocycles. The van der Waals surface area contributed by atoms with Crippen LogP contribution < -0.4 is 5.32 Å². The molecule has 2 atom stereocenters. The lowest BCUT2D eigenvalue weighted by Crippen LogP contribution is -2.41. The molecular formula is C14H18FNO3. The molecule has 1 aromatic rings. The highest BCUT2D eigenvalue weighted by Gasteiger charge is 2.30. The first-order valence-electron chi connectivity index (χ1n) is 6.38. The van der Waals surface area contributed by atoms with Gasteiger partial charge in [0.2, 0.25) is 0 Å². The number of hydrogen-bond donors (Lipinski definition) is 1. The second-order valence-electron chi connectivity index (χ2n) is 4.63. The molecule has 1 aliphatic heterocycles. The SMILES string of the molecule is COC(=O)C(Nc1cccc(F)c1)C1CCCOC1. The lowest BCUT2D eigenvalue weighted by Gasteiger charge is -2.29. The standard InChI is InChI=1S/C14H18FNO3/c1-18-14(17)13(10-4-3-7-19-9-10)16-12-6-2-5-11(15)8-12/h2,5-6,8,10,13,16H,3-4,7,9H2,1H3. The zero-order valence-corrected chi connectivity index (χ0v) is 10.9. The van der Waals surface area contributed by atoms with E-state index in [2.05, 4.69) is 5.32 Å². The lowest BCUT2D eigenvalue weighted by molar-refractivity contribution is -0.144. The van der Waals surface area contributed by atoms with E-state index in [1.54, 1.807) is 12.1 Å². The van der Waals surface area contributed by atoms with Gasteiger partial charge in [0.1, 0.15) is 11.9 Å². The van der Waals surface area contributed by atoms with E-state index in [4.69, 9.17) is 9.47 Å². The maximum Gasteiger partial charge on any atom is 0.328 e. The molecule has 1 aromatic carbocycles. The van der Waals surface area contributed by atoms with Gasteiger partial charge >= 0.3 is 5.97 Å². The van der Waals surface area contributed by atoms with E-state index >= 15 is 0 Å². The van der Waals surface area contributed by atoms with Crippen LogP contribution in [0.25, 0.3) is 0 Å². The van der Waals surface area contributed by atoms with Crippen LogP contribution in [0.15, 0.2) is 24.3 Å². The van der Waals surface area contributed by atoms with Crippen LogP contribution in [0.4, 0.5) is 10.1 Å². The predicted octanol–water partition coefficient (Wildman–Crippen LogP) is 2.21. The van der Waals surface area contributed by atoms with Crippen LogP contribution in [0, 0.1) is 11.7 Å². The normalized spacial score (nSPS) is 20.6. The first kappa shape index (κ1) is 13.8. The van der Waals surface area contributed by atoms with Crippen molar-refractivity contribution in [3.8, 4) is 0 Å². The van der Waals surface area contributed by atoms with Gasteiger partial charge in [-0.3, -0.25) is 0 Å². The maximum atomic E-state index is 13.2. The Balaban J connectivity index is 2.11. The van der Waals surface area contributed by atoms with Gasteiger partial charge in [-0.2, -0.15) is 0 Å². The number of halogens is 1. The van der Waals surface area contributed by atoms with Gasteiger partial charge in [-0.1, -0.05) is 6.07 Å². The number of carbonyl (C=O) groups excluding carboxylic acids is 1. The van der Waals surface area contributed by atoms with Crippen LogP contribution in [0.2, 0.25) is 0 Å². The first-order chi connectivity index (χ1) is 9.20. The summed E-state index contributed by atoms with van der Waals surface area (Å²) in [7, 11) is 1.35. The monoisotopic (exact) mass is 267 g/mol. The van der Waals surface area contributed by atoms with E-state index < -0.39 is 6.04 Å². The van der Waals surface area contributed by atoms with E-state index in [1.165, 1.54) is 19.2 Å². The van der Waals surface area contributed by atoms with Crippen molar-refractivity contribution in [2.75, 3.05) is 25.6 Å². The number of esters is 1. The summed E-state index contributed by atoms with van der Waals surface area (Å²) in [6, 6.07) is 5.54. The number of ether oxygens (including phenoxy) is 2. The van der Waals surface area contributed by atoms with Crippen LogP contribution in [-0.4, -0.2) is 32.3 Å². The molecule has 0 aliphatic carbocycles. The van der Waals surface area contributed by atoms with Crippen molar-refractivity contribution in [1.29, 1.82) is 0 Å². The summed E-state index contributed by atoms with van der Waals surface area (Å²) in [5.74, 6) is -0.641. The quantitative estimate of drug-likeness (QED) is 0.850. The van der Waals surface area contributed by atoms with Crippen molar-refractivity contribution >= 4 is 11.7 Å². The molecule has 0 radical (unpaired) electrons. The zero-order chi connectivity index (χ0) is 13.7. The summed E-state index contributed by atoms with van der Waals surface area (Å²) in [5.41, 5.74) is 0.570. The van der Waals surface area contributed by atoms with E-state index in [0.717, 1.165) is 19.4 Å². The van der Waals surface area contributed by atoms with Crippen molar-refractivity contribution in [2.24, 2.45) is 5.92 Å². The molecule has 0 saturated carbocycles. The average molecular weight is 267 g/mol. The highest BCUT2D eigenvalue weighted by Crippen LogP contribution is 2.22. The number of carbonyl (C=O) groups is 1. The third kappa shape index (κ3) is 3.67. The Morgan fingerprint density at radius 1 is 1.58 bits per heavy atom. The van der Waals surface area contributed by atoms with Crippen molar-refractivity contribution in [2.45, 2.75) is 18.9 Å². The number of hydrogen-bond acceptors (Lipinski definition) is 4. The number of benzene rings is 1. The number of nitrogens with one attached hydrogen (secondary N) is 1. The van der Waals surface area contributed by atoms with Crippen molar-refractivity contribution < 1.29 is 18.7 Å². The van der Waals surface area contributed by atoms with Crippen molar-refractivity contribution in [3.05, 3.63) is 30.1 Å². The van der Waals surface area contributed by atoms with Gasteiger partial charge in [0.15, 0.2) is 0 Å². The summed E-state index contributed by atoms with van der Waals surface area (Å²) >= 11 is 0. The maximum absolute atomic E-state index is 13.2. The fourth-order valence-electron chi connectivity index (χ4n) is 2.28. The average Bonchev–Trinajstić information content (AvgIpc) is 2.45. The molecule has 104 valence electrons. The summed E-state index contributed by atoms with van der Waals surface area (Å²) in [4.78, 5) is 11.9. The Kier molecular flexibility index (Phi) is 4.74. The molecular weight excluding hydrogens is 249 g/mol. The molecule has 0 spiro atoms. The highest BCUT2D eigenvalue weighted by atomic mass is 19.1. The van der Waals surface area contributed by atoms with Gasteiger partial charge in [-0.25, -0.2) is 9.18 Å². The van der Waals surface area contributed by atoms with E-state index in [0.29, 0.717) is 12.3 Å². The second kappa shape index (κ2) is 6.52. The molecule has 1 aliphatic rings. The highest BCUT2D eigenvalue weighted by molar-refractivity contribution is 5.79. The Bertz CT molecular complexity index is 432. The van der Waals surface area contributed by atoms with Crippen LogP contribution in [0.3, 0.4) is 0 Å². The van der Waals surface area contributed by atoms with Gasteiger partial charge in [0, 0.05) is 18.2 Å². The topological polar surface area (TPSA) is 47.6 Å². The minimum absolute atomic E-state index is 0.0458. The van der Waals surface area contributed by atoms with E-state index in [1.807, 2.05) is 0 Å². The van der Waals surface area contributed by atoms with Crippen LogP contribution in [-0.2, 0) is 14.3 Å². The van der Waals surface area contributed by atoms with Crippen LogP contribution in [0.5, 0.6) is 0 Å². The number of methoxy groups -OCH3 is 1. The fraction of sp³-hybridized carbons (Fsp3) is 0.500. The Morgan fingerprint density at radius 2 is 2.42 bits per heavy atom. The third-order valence-corrected chi connectivity index (χ3v) is 3.27. The van der Waals surface area contributed by atoms with Gasteiger partial charge in [-0.05, 0) is 31.0 Å².